The van der Waals surface area contributed by atoms with Crippen LogP contribution >= 0.6 is 0 Å². The molecule has 0 heterocycles. The highest BCUT2D eigenvalue weighted by molar-refractivity contribution is 5.93. The van der Waals surface area contributed by atoms with Crippen molar-refractivity contribution < 1.29 is 19.2 Å². The van der Waals surface area contributed by atoms with E-state index >= 15 is 0 Å². The zero-order chi connectivity index (χ0) is 14.1. The number of hydrogen-bond acceptors (Lipinski definition) is 4. The maximum atomic E-state index is 11.3. The van der Waals surface area contributed by atoms with E-state index in [2.05, 4.69) is 5.48 Å². The molecule has 0 aliphatic heterocycles. The quantitative estimate of drug-likeness (QED) is 0.426. The van der Waals surface area contributed by atoms with Crippen LogP contribution in [-0.2, 0) is 14.4 Å². The summed E-state index contributed by atoms with van der Waals surface area (Å²) in [6, 6.07) is 6.56. The van der Waals surface area contributed by atoms with Crippen LogP contribution in [0.3, 0.4) is 0 Å². The third-order valence-electron chi connectivity index (χ3n) is 2.18. The number of primary amides is 1. The Bertz CT molecular complexity index is 454. The molecule has 102 valence electrons. The van der Waals surface area contributed by atoms with Gasteiger partial charge in [0.15, 0.2) is 0 Å². The molecule has 2 amide bonds. The monoisotopic (exact) mass is 264 g/mol. The van der Waals surface area contributed by atoms with Crippen LogP contribution in [0.25, 0.3) is 6.08 Å². The lowest BCUT2D eigenvalue weighted by atomic mass is 10.1. The predicted molar refractivity (Wildman–Crippen MR) is 70.0 cm³/mol. The van der Waals surface area contributed by atoms with Crippen molar-refractivity contribution in [3.8, 4) is 0 Å². The van der Waals surface area contributed by atoms with Gasteiger partial charge in [0.2, 0.25) is 5.91 Å². The van der Waals surface area contributed by atoms with E-state index in [9.17, 15) is 9.59 Å². The molecule has 0 aliphatic rings. The maximum Gasteiger partial charge on any atom is 0.267 e. The van der Waals surface area contributed by atoms with Gasteiger partial charge in [-0.05, 0) is 23.8 Å². The zero-order valence-electron chi connectivity index (χ0n) is 10.6. The van der Waals surface area contributed by atoms with Crippen molar-refractivity contribution >= 4 is 17.9 Å². The summed E-state index contributed by atoms with van der Waals surface area (Å²) in [6.45, 7) is 0.683. The first-order valence-electron chi connectivity index (χ1n) is 5.62. The van der Waals surface area contributed by atoms with Gasteiger partial charge >= 0.3 is 0 Å². The van der Waals surface area contributed by atoms with Crippen LogP contribution in [0.1, 0.15) is 15.9 Å². The van der Waals surface area contributed by atoms with Crippen molar-refractivity contribution in [1.29, 1.82) is 0 Å². The first kappa shape index (κ1) is 14.9. The Morgan fingerprint density at radius 1 is 1.26 bits per heavy atom. The highest BCUT2D eigenvalue weighted by Gasteiger charge is 1.99. The number of rotatable bonds is 7. The molecule has 0 spiro atoms. The van der Waals surface area contributed by atoms with Gasteiger partial charge in [0.25, 0.3) is 5.91 Å². The number of hydrogen-bond donors (Lipinski definition) is 2. The summed E-state index contributed by atoms with van der Waals surface area (Å²) in [5.41, 5.74) is 8.55. The van der Waals surface area contributed by atoms with Crippen molar-refractivity contribution in [1.82, 2.24) is 5.48 Å². The van der Waals surface area contributed by atoms with E-state index in [1.807, 2.05) is 0 Å². The SMILES string of the molecule is COCCONC(=O)/C=C/c1ccc(C(N)=O)cc1. The Labute approximate surface area is 111 Å². The normalized spacial score (nSPS) is 10.6. The summed E-state index contributed by atoms with van der Waals surface area (Å²) in [4.78, 5) is 27.0. The Morgan fingerprint density at radius 3 is 2.53 bits per heavy atom. The molecule has 0 saturated heterocycles. The highest BCUT2D eigenvalue weighted by Crippen LogP contribution is 2.05. The third kappa shape index (κ3) is 5.80. The summed E-state index contributed by atoms with van der Waals surface area (Å²) >= 11 is 0. The molecule has 1 rings (SSSR count). The molecule has 0 aromatic heterocycles. The van der Waals surface area contributed by atoms with Crippen LogP contribution in [0.5, 0.6) is 0 Å². The molecule has 1 aromatic rings. The molecule has 0 fully saturated rings. The molecule has 6 heteroatoms. The van der Waals surface area contributed by atoms with E-state index in [1.54, 1.807) is 37.5 Å². The standard InChI is InChI=1S/C13H16N2O4/c1-18-8-9-19-15-12(16)7-4-10-2-5-11(6-3-10)13(14)17/h2-7H,8-9H2,1H3,(H2,14,17)(H,15,16)/b7-4+. The lowest BCUT2D eigenvalue weighted by Gasteiger charge is -2.02. The summed E-state index contributed by atoms with van der Waals surface area (Å²) in [5.74, 6) is -0.866. The van der Waals surface area contributed by atoms with Gasteiger partial charge in [-0.25, -0.2) is 5.48 Å². The average Bonchev–Trinajstić information content (AvgIpc) is 2.42. The summed E-state index contributed by atoms with van der Waals surface area (Å²) in [7, 11) is 1.54. The van der Waals surface area contributed by atoms with E-state index in [0.29, 0.717) is 12.2 Å². The van der Waals surface area contributed by atoms with Crippen molar-refractivity contribution in [3.63, 3.8) is 0 Å². The van der Waals surface area contributed by atoms with E-state index in [4.69, 9.17) is 15.3 Å². The molecule has 6 nitrogen and oxygen atoms in total. The van der Waals surface area contributed by atoms with E-state index in [0.717, 1.165) is 5.56 Å². The molecule has 3 N–H and O–H groups in total. The van der Waals surface area contributed by atoms with Crippen LogP contribution < -0.4 is 11.2 Å². The number of amides is 2. The molecule has 0 atom stereocenters. The molecule has 0 bridgehead atoms. The number of nitrogens with two attached hydrogens (primary N) is 1. The van der Waals surface area contributed by atoms with E-state index in [-0.39, 0.29) is 12.5 Å². The van der Waals surface area contributed by atoms with Crippen molar-refractivity contribution in [2.75, 3.05) is 20.3 Å². The minimum absolute atomic E-state index is 0.281. The molecule has 0 radical (unpaired) electrons. The molecule has 19 heavy (non-hydrogen) atoms. The van der Waals surface area contributed by atoms with Gasteiger partial charge in [-0.15, -0.1) is 0 Å². The summed E-state index contributed by atoms with van der Waals surface area (Å²) < 4.78 is 4.75. The Kier molecular flexibility index (Phi) is 6.28. The van der Waals surface area contributed by atoms with Gasteiger partial charge < -0.3 is 10.5 Å². The second kappa shape index (κ2) is 8.02. The topological polar surface area (TPSA) is 90.7 Å². The lowest BCUT2D eigenvalue weighted by Crippen LogP contribution is -2.23. The van der Waals surface area contributed by atoms with Gasteiger partial charge in [0.05, 0.1) is 13.2 Å². The Balaban J connectivity index is 2.43. The van der Waals surface area contributed by atoms with Gasteiger partial charge in [0, 0.05) is 18.7 Å². The van der Waals surface area contributed by atoms with Gasteiger partial charge in [0.1, 0.15) is 0 Å². The predicted octanol–water partition coefficient (Wildman–Crippen LogP) is 0.493. The minimum Gasteiger partial charge on any atom is -0.382 e. The average molecular weight is 264 g/mol. The van der Waals surface area contributed by atoms with Crippen LogP contribution in [-0.4, -0.2) is 32.1 Å². The third-order valence-corrected chi connectivity index (χ3v) is 2.18. The second-order valence-corrected chi connectivity index (χ2v) is 3.63. The molecular weight excluding hydrogens is 248 g/mol. The first-order chi connectivity index (χ1) is 9.13. The Morgan fingerprint density at radius 2 is 1.95 bits per heavy atom. The summed E-state index contributed by atoms with van der Waals surface area (Å²) in [5, 5.41) is 0. The lowest BCUT2D eigenvalue weighted by molar-refractivity contribution is -0.129. The fourth-order valence-corrected chi connectivity index (χ4v) is 1.21. The molecule has 0 saturated carbocycles. The van der Waals surface area contributed by atoms with Crippen LogP contribution in [0.4, 0.5) is 0 Å². The Hall–Kier alpha value is -2.18. The smallest absolute Gasteiger partial charge is 0.267 e. The largest absolute Gasteiger partial charge is 0.382 e. The number of nitrogens with one attached hydrogen (secondary N) is 1. The number of hydroxylamine groups is 1. The van der Waals surface area contributed by atoms with Crippen LogP contribution in [0, 0.1) is 0 Å². The van der Waals surface area contributed by atoms with Gasteiger partial charge in [-0.3, -0.25) is 14.4 Å². The number of benzene rings is 1. The second-order valence-electron chi connectivity index (χ2n) is 3.63. The fraction of sp³-hybridized carbons (Fsp3) is 0.231. The molecular formula is C13H16N2O4. The van der Waals surface area contributed by atoms with Crippen molar-refractivity contribution in [3.05, 3.63) is 41.5 Å². The fourth-order valence-electron chi connectivity index (χ4n) is 1.21. The number of ether oxygens (including phenoxy) is 1. The summed E-state index contributed by atoms with van der Waals surface area (Å²) in [6.07, 6.45) is 2.92. The van der Waals surface area contributed by atoms with Gasteiger partial charge in [-0.2, -0.15) is 0 Å². The highest BCUT2D eigenvalue weighted by atomic mass is 16.7. The molecule has 0 aliphatic carbocycles. The van der Waals surface area contributed by atoms with E-state index in [1.165, 1.54) is 6.08 Å². The van der Waals surface area contributed by atoms with E-state index < -0.39 is 5.91 Å². The number of carbonyl (C=O) groups is 2. The van der Waals surface area contributed by atoms with Crippen molar-refractivity contribution in [2.24, 2.45) is 5.73 Å². The molecule has 0 unspecified atom stereocenters. The van der Waals surface area contributed by atoms with Crippen LogP contribution in [0.2, 0.25) is 0 Å². The first-order valence-corrected chi connectivity index (χ1v) is 5.62. The van der Waals surface area contributed by atoms with Crippen molar-refractivity contribution in [2.45, 2.75) is 0 Å². The number of carbonyl (C=O) groups excluding carboxylic acids is 2. The zero-order valence-corrected chi connectivity index (χ0v) is 10.6. The van der Waals surface area contributed by atoms with Crippen LogP contribution in [0.15, 0.2) is 30.3 Å². The number of methoxy groups -OCH3 is 1. The maximum absolute atomic E-state index is 11.3. The minimum atomic E-state index is -0.486. The molecule has 1 aromatic carbocycles. The van der Waals surface area contributed by atoms with Gasteiger partial charge in [-0.1, -0.05) is 12.1 Å².